The smallest absolute Gasteiger partial charge is 0.162 e. The Morgan fingerprint density at radius 3 is 2.58 bits per heavy atom. The summed E-state index contributed by atoms with van der Waals surface area (Å²) in [6.07, 6.45) is 7.71. The van der Waals surface area contributed by atoms with Crippen LogP contribution in [0.5, 0.6) is 0 Å². The average molecular weight is 473 g/mol. The maximum Gasteiger partial charge on any atom is 0.162 e. The van der Waals surface area contributed by atoms with E-state index in [1.165, 1.54) is 5.56 Å². The number of hydrogen-bond acceptors (Lipinski definition) is 7. The number of rotatable bonds is 7. The molecule has 36 heavy (non-hydrogen) atoms. The maximum atomic E-state index is 6.48. The molecule has 7 nitrogen and oxygen atoms in total. The molecule has 0 aliphatic carbocycles. The van der Waals surface area contributed by atoms with Gasteiger partial charge >= 0.3 is 0 Å². The van der Waals surface area contributed by atoms with E-state index in [-0.39, 0.29) is 6.04 Å². The first-order valence-electron chi connectivity index (χ1n) is 11.8. The first-order valence-corrected chi connectivity index (χ1v) is 11.8. The lowest BCUT2D eigenvalue weighted by Gasteiger charge is -2.16. The highest BCUT2D eigenvalue weighted by atomic mass is 16.3. The highest BCUT2D eigenvalue weighted by Gasteiger charge is 2.17. The second-order valence-corrected chi connectivity index (χ2v) is 8.66. The van der Waals surface area contributed by atoms with Gasteiger partial charge in [0.1, 0.15) is 22.6 Å². The van der Waals surface area contributed by atoms with E-state index < -0.39 is 0 Å². The molecule has 0 fully saturated rings. The first kappa shape index (κ1) is 21.9. The van der Waals surface area contributed by atoms with Crippen molar-refractivity contribution in [3.05, 3.63) is 103 Å². The fourth-order valence-electron chi connectivity index (χ4n) is 4.41. The maximum absolute atomic E-state index is 6.48. The highest BCUT2D eigenvalue weighted by Crippen LogP contribution is 2.34. The monoisotopic (exact) mass is 472 g/mol. The summed E-state index contributed by atoms with van der Waals surface area (Å²) in [7, 11) is 0. The number of nitrogens with two attached hydrogens (primary N) is 1. The SMILES string of the molecule is N[C@H](CNc1nc(-c2ccncc2)nc2c(-c3cccc4ccoc34)nccc12)Cc1ccccc1. The molecule has 0 aliphatic rings. The van der Waals surface area contributed by atoms with Crippen molar-refractivity contribution in [3.8, 4) is 22.6 Å². The molecule has 0 amide bonds. The molecule has 1 atom stereocenters. The summed E-state index contributed by atoms with van der Waals surface area (Å²) in [6, 6.07) is 23.9. The molecule has 176 valence electrons. The second kappa shape index (κ2) is 9.56. The molecular formula is C29H24N6O. The van der Waals surface area contributed by atoms with Gasteiger partial charge in [0, 0.05) is 53.1 Å². The Morgan fingerprint density at radius 2 is 1.72 bits per heavy atom. The van der Waals surface area contributed by atoms with Crippen LogP contribution in [0.4, 0.5) is 5.82 Å². The van der Waals surface area contributed by atoms with Crippen molar-refractivity contribution in [2.24, 2.45) is 5.73 Å². The number of fused-ring (bicyclic) bond motifs is 2. The summed E-state index contributed by atoms with van der Waals surface area (Å²) in [4.78, 5) is 18.7. The Balaban J connectivity index is 1.44. The van der Waals surface area contributed by atoms with Crippen molar-refractivity contribution in [1.29, 1.82) is 0 Å². The van der Waals surface area contributed by atoms with Crippen molar-refractivity contribution in [2.75, 3.05) is 11.9 Å². The number of aromatic nitrogens is 4. The van der Waals surface area contributed by atoms with E-state index in [2.05, 4.69) is 22.4 Å². The van der Waals surface area contributed by atoms with Crippen molar-refractivity contribution in [2.45, 2.75) is 12.5 Å². The topological polar surface area (TPSA) is 103 Å². The van der Waals surface area contributed by atoms with Crippen molar-refractivity contribution < 1.29 is 4.42 Å². The molecule has 0 saturated carbocycles. The number of hydrogen-bond donors (Lipinski definition) is 2. The zero-order valence-electron chi connectivity index (χ0n) is 19.5. The number of furan rings is 1. The normalized spacial score (nSPS) is 12.1. The fraction of sp³-hybridized carbons (Fsp3) is 0.103. The van der Waals surface area contributed by atoms with Gasteiger partial charge in [-0.1, -0.05) is 42.5 Å². The first-order chi connectivity index (χ1) is 17.8. The molecule has 6 rings (SSSR count). The largest absolute Gasteiger partial charge is 0.464 e. The Bertz CT molecular complexity index is 1630. The van der Waals surface area contributed by atoms with Crippen LogP contribution in [-0.2, 0) is 6.42 Å². The van der Waals surface area contributed by atoms with Crippen molar-refractivity contribution in [1.82, 2.24) is 19.9 Å². The molecule has 2 aromatic carbocycles. The predicted molar refractivity (Wildman–Crippen MR) is 142 cm³/mol. The molecule has 0 spiro atoms. The van der Waals surface area contributed by atoms with Crippen LogP contribution in [0.25, 0.3) is 44.5 Å². The minimum Gasteiger partial charge on any atom is -0.464 e. The molecule has 0 saturated heterocycles. The van der Waals surface area contributed by atoms with Crippen LogP contribution in [0.2, 0.25) is 0 Å². The molecule has 0 radical (unpaired) electrons. The zero-order chi connectivity index (χ0) is 24.3. The predicted octanol–water partition coefficient (Wildman–Crippen LogP) is 5.48. The standard InChI is InChI=1S/C29H24N6O/c30-22(17-19-5-2-1-3-6-19)18-33-29-24-11-15-32-25(23-8-4-7-20-12-16-36-27(20)23)26(24)34-28(35-29)21-9-13-31-14-10-21/h1-16,22H,17-18,30H2,(H,33,34,35)/t22-/m0/s1. The number of pyridine rings is 2. The Kier molecular flexibility index (Phi) is 5.81. The van der Waals surface area contributed by atoms with Crippen LogP contribution in [0.3, 0.4) is 0 Å². The summed E-state index contributed by atoms with van der Waals surface area (Å²) in [6.45, 7) is 0.558. The van der Waals surface area contributed by atoms with E-state index in [9.17, 15) is 0 Å². The van der Waals surface area contributed by atoms with E-state index in [4.69, 9.17) is 25.1 Å². The molecule has 7 heteroatoms. The summed E-state index contributed by atoms with van der Waals surface area (Å²) >= 11 is 0. The molecule has 0 aliphatic heterocycles. The van der Waals surface area contributed by atoms with Crippen LogP contribution >= 0.6 is 0 Å². The average Bonchev–Trinajstić information content (AvgIpc) is 3.42. The van der Waals surface area contributed by atoms with E-state index in [0.29, 0.717) is 18.2 Å². The molecule has 4 heterocycles. The van der Waals surface area contributed by atoms with Crippen LogP contribution in [0, 0.1) is 0 Å². The van der Waals surface area contributed by atoms with Gasteiger partial charge in [-0.2, -0.15) is 0 Å². The van der Waals surface area contributed by atoms with Gasteiger partial charge in [-0.05, 0) is 42.3 Å². The van der Waals surface area contributed by atoms with Gasteiger partial charge in [-0.15, -0.1) is 0 Å². The van der Waals surface area contributed by atoms with Crippen molar-refractivity contribution >= 4 is 27.7 Å². The van der Waals surface area contributed by atoms with Gasteiger partial charge in [0.2, 0.25) is 0 Å². The number of anilines is 1. The third kappa shape index (κ3) is 4.28. The minimum absolute atomic E-state index is 0.0834. The van der Waals surface area contributed by atoms with E-state index in [1.807, 2.05) is 60.7 Å². The molecule has 6 aromatic rings. The number of benzene rings is 2. The molecule has 0 unspecified atom stereocenters. The summed E-state index contributed by atoms with van der Waals surface area (Å²) in [5, 5.41) is 5.37. The highest BCUT2D eigenvalue weighted by molar-refractivity contribution is 6.03. The quantitative estimate of drug-likeness (QED) is 0.317. The second-order valence-electron chi connectivity index (χ2n) is 8.66. The summed E-state index contributed by atoms with van der Waals surface area (Å²) < 4.78 is 5.81. The van der Waals surface area contributed by atoms with E-state index >= 15 is 0 Å². The fourth-order valence-corrected chi connectivity index (χ4v) is 4.41. The lowest BCUT2D eigenvalue weighted by atomic mass is 10.1. The Morgan fingerprint density at radius 1 is 0.861 bits per heavy atom. The van der Waals surface area contributed by atoms with Crippen LogP contribution in [0.1, 0.15) is 5.56 Å². The Hall–Kier alpha value is -4.62. The molecule has 0 bridgehead atoms. The summed E-state index contributed by atoms with van der Waals surface area (Å²) in [5.74, 6) is 1.30. The van der Waals surface area contributed by atoms with Gasteiger partial charge in [0.25, 0.3) is 0 Å². The van der Waals surface area contributed by atoms with Gasteiger partial charge < -0.3 is 15.5 Å². The van der Waals surface area contributed by atoms with Gasteiger partial charge in [-0.25, -0.2) is 9.97 Å². The number of para-hydroxylation sites is 1. The molecule has 3 N–H and O–H groups in total. The lowest BCUT2D eigenvalue weighted by Crippen LogP contribution is -2.31. The van der Waals surface area contributed by atoms with E-state index in [0.717, 1.165) is 45.1 Å². The number of nitrogens with one attached hydrogen (secondary N) is 1. The van der Waals surface area contributed by atoms with Crippen LogP contribution in [0.15, 0.2) is 102 Å². The zero-order valence-corrected chi connectivity index (χ0v) is 19.5. The molecular weight excluding hydrogens is 448 g/mol. The Labute approximate surface area is 208 Å². The van der Waals surface area contributed by atoms with Crippen LogP contribution in [-0.4, -0.2) is 32.5 Å². The van der Waals surface area contributed by atoms with Crippen LogP contribution < -0.4 is 11.1 Å². The van der Waals surface area contributed by atoms with E-state index in [1.54, 1.807) is 24.9 Å². The minimum atomic E-state index is -0.0834. The molecule has 4 aromatic heterocycles. The van der Waals surface area contributed by atoms with Gasteiger partial charge in [0.15, 0.2) is 5.82 Å². The third-order valence-electron chi connectivity index (χ3n) is 6.16. The van der Waals surface area contributed by atoms with Crippen molar-refractivity contribution in [3.63, 3.8) is 0 Å². The van der Waals surface area contributed by atoms with Gasteiger partial charge in [-0.3, -0.25) is 9.97 Å². The van der Waals surface area contributed by atoms with Gasteiger partial charge in [0.05, 0.1) is 6.26 Å². The lowest BCUT2D eigenvalue weighted by molar-refractivity contribution is 0.616. The summed E-state index contributed by atoms with van der Waals surface area (Å²) in [5.41, 5.74) is 11.7. The third-order valence-corrected chi connectivity index (χ3v) is 6.16. The number of nitrogens with zero attached hydrogens (tertiary/aromatic N) is 4.